The van der Waals surface area contributed by atoms with Gasteiger partial charge < -0.3 is 0 Å². The van der Waals surface area contributed by atoms with Gasteiger partial charge in [0, 0.05) is 11.1 Å². The molecule has 2 aromatic carbocycles. The summed E-state index contributed by atoms with van der Waals surface area (Å²) in [5, 5.41) is 0. The largest absolute Gasteiger partial charge is 0.289 e. The minimum absolute atomic E-state index is 0.172. The monoisotopic (exact) mass is 312 g/mol. The zero-order chi connectivity index (χ0) is 16.6. The van der Waals surface area contributed by atoms with Crippen LogP contribution in [0.3, 0.4) is 0 Å². The maximum absolute atomic E-state index is 12.4. The standard InChI is InChI=1S/C23H20O/c24-23-21(15-7-13-19-9-3-1-4-10-19)17-18-22(23)16-8-14-20-11-5-2-6-12-20/h1-16H,17-18H2/b13-7-,14-8-,21-15-,22-16+. The van der Waals surface area contributed by atoms with E-state index in [0.717, 1.165) is 35.1 Å². The molecule has 1 fully saturated rings. The van der Waals surface area contributed by atoms with E-state index in [1.807, 2.05) is 97.1 Å². The summed E-state index contributed by atoms with van der Waals surface area (Å²) in [6.45, 7) is 0. The second-order valence-electron chi connectivity index (χ2n) is 5.75. The minimum atomic E-state index is 0.172. The van der Waals surface area contributed by atoms with Gasteiger partial charge in [0.15, 0.2) is 5.78 Å². The Labute approximate surface area is 143 Å². The van der Waals surface area contributed by atoms with Crippen molar-refractivity contribution in [3.63, 3.8) is 0 Å². The Morgan fingerprint density at radius 1 is 0.625 bits per heavy atom. The number of hydrogen-bond donors (Lipinski definition) is 0. The molecule has 0 unspecified atom stereocenters. The summed E-state index contributed by atoms with van der Waals surface area (Å²) in [4.78, 5) is 12.4. The predicted octanol–water partition coefficient (Wildman–Crippen LogP) is 5.63. The second kappa shape index (κ2) is 8.07. The molecule has 1 nitrogen and oxygen atoms in total. The van der Waals surface area contributed by atoms with E-state index in [-0.39, 0.29) is 5.78 Å². The number of allylic oxidation sites excluding steroid dienone is 6. The van der Waals surface area contributed by atoms with Crippen molar-refractivity contribution in [3.05, 3.63) is 107 Å². The van der Waals surface area contributed by atoms with Crippen molar-refractivity contribution in [2.45, 2.75) is 12.8 Å². The highest BCUT2D eigenvalue weighted by Gasteiger charge is 2.21. The van der Waals surface area contributed by atoms with Gasteiger partial charge in [0.05, 0.1) is 0 Å². The van der Waals surface area contributed by atoms with Crippen LogP contribution in [0.4, 0.5) is 0 Å². The Kier molecular flexibility index (Phi) is 5.36. The molecule has 118 valence electrons. The first kappa shape index (κ1) is 15.9. The molecule has 24 heavy (non-hydrogen) atoms. The number of rotatable bonds is 4. The highest BCUT2D eigenvalue weighted by molar-refractivity contribution is 6.11. The summed E-state index contributed by atoms with van der Waals surface area (Å²) in [5.41, 5.74) is 4.06. The molecular formula is C23H20O. The summed E-state index contributed by atoms with van der Waals surface area (Å²) in [7, 11) is 0. The van der Waals surface area contributed by atoms with Crippen LogP contribution in [0.2, 0.25) is 0 Å². The van der Waals surface area contributed by atoms with E-state index in [2.05, 4.69) is 0 Å². The molecule has 1 aliphatic carbocycles. The molecular weight excluding hydrogens is 292 g/mol. The Morgan fingerprint density at radius 3 is 1.46 bits per heavy atom. The van der Waals surface area contributed by atoms with E-state index >= 15 is 0 Å². The fourth-order valence-corrected chi connectivity index (χ4v) is 2.70. The fraction of sp³-hybridized carbons (Fsp3) is 0.0870. The Morgan fingerprint density at radius 2 is 1.04 bits per heavy atom. The quantitative estimate of drug-likeness (QED) is 0.669. The number of hydrogen-bond acceptors (Lipinski definition) is 1. The zero-order valence-electron chi connectivity index (χ0n) is 13.6. The van der Waals surface area contributed by atoms with E-state index in [9.17, 15) is 4.79 Å². The Balaban J connectivity index is 1.64. The number of ketones is 1. The molecule has 1 aliphatic rings. The molecule has 1 heteroatoms. The molecule has 0 aliphatic heterocycles. The van der Waals surface area contributed by atoms with Gasteiger partial charge in [-0.25, -0.2) is 0 Å². The molecule has 0 N–H and O–H groups in total. The summed E-state index contributed by atoms with van der Waals surface area (Å²) in [6, 6.07) is 20.2. The average molecular weight is 312 g/mol. The summed E-state index contributed by atoms with van der Waals surface area (Å²) in [6.07, 6.45) is 13.5. The van der Waals surface area contributed by atoms with Crippen LogP contribution in [0.25, 0.3) is 12.2 Å². The molecule has 0 bridgehead atoms. The molecule has 2 aromatic rings. The van der Waals surface area contributed by atoms with Gasteiger partial charge in [-0.05, 0) is 24.0 Å². The van der Waals surface area contributed by atoms with Gasteiger partial charge in [-0.15, -0.1) is 0 Å². The Bertz CT molecular complexity index is 736. The van der Waals surface area contributed by atoms with Crippen LogP contribution in [-0.2, 0) is 4.79 Å². The molecule has 0 atom stereocenters. The third-order valence-electron chi connectivity index (χ3n) is 4.02. The SMILES string of the molecule is O=C1/C(=C\C=C/c2ccccc2)CC/C1=C\C=C/c1ccccc1. The van der Waals surface area contributed by atoms with Crippen LogP contribution in [0.5, 0.6) is 0 Å². The van der Waals surface area contributed by atoms with Crippen molar-refractivity contribution in [1.29, 1.82) is 0 Å². The predicted molar refractivity (Wildman–Crippen MR) is 101 cm³/mol. The van der Waals surface area contributed by atoms with Crippen molar-refractivity contribution in [3.8, 4) is 0 Å². The van der Waals surface area contributed by atoms with Gasteiger partial charge in [-0.2, -0.15) is 0 Å². The van der Waals surface area contributed by atoms with E-state index in [1.54, 1.807) is 0 Å². The molecule has 0 saturated heterocycles. The maximum atomic E-state index is 12.4. The number of Topliss-reactive ketones (excluding diaryl/α,β-unsaturated/α-hetero) is 1. The van der Waals surface area contributed by atoms with Crippen LogP contribution < -0.4 is 0 Å². The minimum Gasteiger partial charge on any atom is -0.289 e. The fourth-order valence-electron chi connectivity index (χ4n) is 2.70. The first-order valence-corrected chi connectivity index (χ1v) is 8.22. The molecule has 0 radical (unpaired) electrons. The molecule has 0 heterocycles. The third kappa shape index (κ3) is 4.30. The summed E-state index contributed by atoms with van der Waals surface area (Å²) in [5.74, 6) is 0.172. The molecule has 0 aromatic heterocycles. The van der Waals surface area contributed by atoms with Gasteiger partial charge >= 0.3 is 0 Å². The van der Waals surface area contributed by atoms with Crippen LogP contribution >= 0.6 is 0 Å². The van der Waals surface area contributed by atoms with Crippen molar-refractivity contribution < 1.29 is 4.79 Å². The van der Waals surface area contributed by atoms with Crippen LogP contribution in [-0.4, -0.2) is 5.78 Å². The van der Waals surface area contributed by atoms with E-state index < -0.39 is 0 Å². The summed E-state index contributed by atoms with van der Waals surface area (Å²) < 4.78 is 0. The van der Waals surface area contributed by atoms with Gasteiger partial charge in [0.2, 0.25) is 0 Å². The molecule has 3 rings (SSSR count). The lowest BCUT2D eigenvalue weighted by Gasteiger charge is -1.93. The second-order valence-corrected chi connectivity index (χ2v) is 5.75. The van der Waals surface area contributed by atoms with Crippen molar-refractivity contribution >= 4 is 17.9 Å². The normalized spacial score (nSPS) is 18.4. The number of benzene rings is 2. The Hall–Kier alpha value is -2.93. The first-order chi connectivity index (χ1) is 11.8. The van der Waals surface area contributed by atoms with Crippen molar-refractivity contribution in [2.24, 2.45) is 0 Å². The van der Waals surface area contributed by atoms with Gasteiger partial charge in [-0.3, -0.25) is 4.79 Å². The van der Waals surface area contributed by atoms with Crippen LogP contribution in [0.1, 0.15) is 24.0 Å². The smallest absolute Gasteiger partial charge is 0.185 e. The average Bonchev–Trinajstić information content (AvgIpc) is 2.97. The highest BCUT2D eigenvalue weighted by atomic mass is 16.1. The van der Waals surface area contributed by atoms with Gasteiger partial charge in [0.25, 0.3) is 0 Å². The van der Waals surface area contributed by atoms with Gasteiger partial charge in [-0.1, -0.05) is 97.1 Å². The molecule has 0 spiro atoms. The van der Waals surface area contributed by atoms with Crippen molar-refractivity contribution in [2.75, 3.05) is 0 Å². The summed E-state index contributed by atoms with van der Waals surface area (Å²) >= 11 is 0. The van der Waals surface area contributed by atoms with E-state index in [1.165, 1.54) is 0 Å². The van der Waals surface area contributed by atoms with Gasteiger partial charge in [0.1, 0.15) is 0 Å². The van der Waals surface area contributed by atoms with Crippen LogP contribution in [0, 0.1) is 0 Å². The first-order valence-electron chi connectivity index (χ1n) is 8.22. The molecule has 0 amide bonds. The van der Waals surface area contributed by atoms with E-state index in [0.29, 0.717) is 0 Å². The third-order valence-corrected chi connectivity index (χ3v) is 4.02. The topological polar surface area (TPSA) is 17.1 Å². The lowest BCUT2D eigenvalue weighted by molar-refractivity contribution is -0.111. The van der Waals surface area contributed by atoms with Crippen molar-refractivity contribution in [1.82, 2.24) is 0 Å². The highest BCUT2D eigenvalue weighted by Crippen LogP contribution is 2.26. The number of carbonyl (C=O) groups is 1. The van der Waals surface area contributed by atoms with E-state index in [4.69, 9.17) is 0 Å². The zero-order valence-corrected chi connectivity index (χ0v) is 13.6. The molecule has 1 saturated carbocycles. The number of carbonyl (C=O) groups excluding carboxylic acids is 1. The lowest BCUT2D eigenvalue weighted by Crippen LogP contribution is -1.94. The lowest BCUT2D eigenvalue weighted by atomic mass is 10.1. The maximum Gasteiger partial charge on any atom is 0.185 e. The van der Waals surface area contributed by atoms with Crippen LogP contribution in [0.15, 0.2) is 96.1 Å².